The van der Waals surface area contributed by atoms with E-state index >= 15 is 0 Å². The third kappa shape index (κ3) is 5.21. The molecule has 5 N–H and O–H groups in total. The number of urea groups is 1. The maximum absolute atomic E-state index is 13.0. The number of carboxylic acid groups (broad SMARTS) is 1. The van der Waals surface area contributed by atoms with Gasteiger partial charge in [-0.3, -0.25) is 5.32 Å². The molecule has 0 fully saturated rings. The average Bonchev–Trinajstić information content (AvgIpc) is 3.19. The minimum absolute atomic E-state index is 0.00546. The number of carboxylic acids is 1. The Hall–Kier alpha value is -4.89. The molecule has 16 heteroatoms. The van der Waals surface area contributed by atoms with E-state index in [-0.39, 0.29) is 40.3 Å². The molecule has 3 aromatic heterocycles. The molecule has 37 heavy (non-hydrogen) atoms. The maximum atomic E-state index is 13.0. The second-order valence-corrected chi connectivity index (χ2v) is 7.44. The van der Waals surface area contributed by atoms with Crippen molar-refractivity contribution in [3.63, 3.8) is 0 Å². The summed E-state index contributed by atoms with van der Waals surface area (Å²) in [5.74, 6) is -2.24. The van der Waals surface area contributed by atoms with Crippen LogP contribution in [0, 0.1) is 0 Å². The highest BCUT2D eigenvalue weighted by molar-refractivity contribution is 6.04. The molecule has 0 spiro atoms. The van der Waals surface area contributed by atoms with E-state index in [0.29, 0.717) is 5.56 Å². The summed E-state index contributed by atoms with van der Waals surface area (Å²) in [4.78, 5) is 30.8. The van der Waals surface area contributed by atoms with E-state index in [4.69, 9.17) is 5.73 Å². The number of nitrogens with one attached hydrogen (secondary N) is 2. The van der Waals surface area contributed by atoms with Gasteiger partial charge in [0.25, 0.3) is 0 Å². The van der Waals surface area contributed by atoms with Crippen LogP contribution in [0.2, 0.25) is 0 Å². The van der Waals surface area contributed by atoms with Crippen LogP contribution >= 0.6 is 0 Å². The maximum Gasteiger partial charge on any atom is 0.433 e. The summed E-state index contributed by atoms with van der Waals surface area (Å²) in [5, 5.41) is 17.6. The Morgan fingerprint density at radius 2 is 1.65 bits per heavy atom. The van der Waals surface area contributed by atoms with Crippen molar-refractivity contribution in [2.75, 3.05) is 16.4 Å². The number of rotatable bonds is 4. The fraction of sp³-hybridized carbons (Fsp3) is 0.0952. The van der Waals surface area contributed by atoms with Crippen LogP contribution in [0.1, 0.15) is 21.6 Å². The molecule has 0 aliphatic rings. The fourth-order valence-corrected chi connectivity index (χ4v) is 3.39. The van der Waals surface area contributed by atoms with E-state index in [0.717, 1.165) is 6.33 Å². The molecular weight excluding hydrogens is 512 g/mol. The van der Waals surface area contributed by atoms with Crippen LogP contribution in [0.15, 0.2) is 48.9 Å². The largest absolute Gasteiger partial charge is 0.478 e. The molecule has 0 bridgehead atoms. The first-order chi connectivity index (χ1) is 17.2. The number of hydrogen-bond acceptors (Lipinski definition) is 6. The van der Waals surface area contributed by atoms with E-state index in [1.807, 2.05) is 5.32 Å². The summed E-state index contributed by atoms with van der Waals surface area (Å²) in [7, 11) is 0. The van der Waals surface area contributed by atoms with Crippen molar-refractivity contribution >= 4 is 34.8 Å². The molecule has 3 heterocycles. The first-order valence-corrected chi connectivity index (χ1v) is 9.94. The lowest BCUT2D eigenvalue weighted by molar-refractivity contribution is -0.145. The Morgan fingerprint density at radius 1 is 0.973 bits per heavy atom. The summed E-state index contributed by atoms with van der Waals surface area (Å²) < 4.78 is 79.1. The van der Waals surface area contributed by atoms with Crippen molar-refractivity contribution in [3.05, 3.63) is 65.7 Å². The predicted octanol–water partition coefficient (Wildman–Crippen LogP) is 4.75. The van der Waals surface area contributed by atoms with Crippen LogP contribution in [-0.4, -0.2) is 36.7 Å². The average molecular weight is 525 g/mol. The zero-order valence-corrected chi connectivity index (χ0v) is 18.0. The van der Waals surface area contributed by atoms with Crippen LogP contribution < -0.4 is 16.4 Å². The predicted molar refractivity (Wildman–Crippen MR) is 117 cm³/mol. The molecule has 0 saturated heterocycles. The summed E-state index contributed by atoms with van der Waals surface area (Å²) in [6.45, 7) is 0. The number of hydrogen-bond donors (Lipinski definition) is 4. The normalized spacial score (nSPS) is 11.9. The SMILES string of the molecule is Nc1ncnn2cc(C(=O)O)c(-c3ccc(NC(=O)Nc4cc(C(F)(F)F)cc(C(F)(F)F)n4)cc3)c12. The zero-order chi connectivity index (χ0) is 27.1. The van der Waals surface area contributed by atoms with Gasteiger partial charge in [0.1, 0.15) is 23.4 Å². The third-order valence-electron chi connectivity index (χ3n) is 4.95. The number of halogens is 6. The number of nitrogens with two attached hydrogens (primary N) is 1. The summed E-state index contributed by atoms with van der Waals surface area (Å²) >= 11 is 0. The number of alkyl halides is 6. The minimum Gasteiger partial charge on any atom is -0.478 e. The molecule has 10 nitrogen and oxygen atoms in total. The van der Waals surface area contributed by atoms with Gasteiger partial charge in [-0.1, -0.05) is 12.1 Å². The molecule has 0 aliphatic carbocycles. The van der Waals surface area contributed by atoms with Gasteiger partial charge in [-0.2, -0.15) is 31.4 Å². The lowest BCUT2D eigenvalue weighted by Gasteiger charge is -2.14. The Morgan fingerprint density at radius 3 is 2.24 bits per heavy atom. The van der Waals surface area contributed by atoms with Gasteiger partial charge in [-0.25, -0.2) is 24.1 Å². The van der Waals surface area contributed by atoms with Crippen molar-refractivity contribution in [1.29, 1.82) is 0 Å². The van der Waals surface area contributed by atoms with E-state index in [9.17, 15) is 41.0 Å². The smallest absolute Gasteiger partial charge is 0.433 e. The fourth-order valence-electron chi connectivity index (χ4n) is 3.39. The van der Waals surface area contributed by atoms with Crippen molar-refractivity contribution in [3.8, 4) is 11.1 Å². The Kier molecular flexibility index (Phi) is 6.10. The lowest BCUT2D eigenvalue weighted by atomic mass is 10.0. The van der Waals surface area contributed by atoms with Crippen LogP contribution in [0.25, 0.3) is 16.6 Å². The van der Waals surface area contributed by atoms with Crippen molar-refractivity contribution in [1.82, 2.24) is 19.6 Å². The molecule has 0 atom stereocenters. The molecular formula is C21H13F6N7O3. The van der Waals surface area contributed by atoms with Crippen molar-refractivity contribution < 1.29 is 41.0 Å². The molecule has 0 unspecified atom stereocenters. The summed E-state index contributed by atoms with van der Waals surface area (Å²) in [6, 6.07) is 4.38. The molecule has 0 saturated carbocycles. The van der Waals surface area contributed by atoms with Gasteiger partial charge in [-0.05, 0) is 29.8 Å². The molecule has 0 aliphatic heterocycles. The number of fused-ring (bicyclic) bond motifs is 1. The molecule has 2 amide bonds. The van der Waals surface area contributed by atoms with Gasteiger partial charge in [0.2, 0.25) is 0 Å². The van der Waals surface area contributed by atoms with Crippen molar-refractivity contribution in [2.24, 2.45) is 0 Å². The van der Waals surface area contributed by atoms with Gasteiger partial charge in [0.15, 0.2) is 5.82 Å². The van der Waals surface area contributed by atoms with Gasteiger partial charge in [0, 0.05) is 17.4 Å². The number of aromatic carboxylic acids is 1. The van der Waals surface area contributed by atoms with Crippen molar-refractivity contribution in [2.45, 2.75) is 12.4 Å². The number of amides is 2. The zero-order valence-electron chi connectivity index (χ0n) is 18.0. The molecule has 1 aromatic carbocycles. The Bertz CT molecular complexity index is 1480. The molecule has 4 rings (SSSR count). The number of aromatic nitrogens is 4. The topological polar surface area (TPSA) is 148 Å². The standard InChI is InChI=1S/C21H13F6N7O3/c22-20(23,24)10-5-13(21(25,26)27)32-14(6-10)33-19(37)31-11-3-1-9(2-4-11)15-12(18(35)36)7-34-16(15)17(28)29-8-30-34/h1-8H,(H,35,36)(H2,28,29,30)(H2,31,32,33,37). The second-order valence-electron chi connectivity index (χ2n) is 7.44. The highest BCUT2D eigenvalue weighted by atomic mass is 19.4. The number of pyridine rings is 1. The highest BCUT2D eigenvalue weighted by Crippen LogP contribution is 2.36. The quantitative estimate of drug-likeness (QED) is 0.281. The van der Waals surface area contributed by atoms with Gasteiger partial charge < -0.3 is 16.2 Å². The summed E-state index contributed by atoms with van der Waals surface area (Å²) in [6.07, 6.45) is -7.92. The molecule has 192 valence electrons. The van der Waals surface area contributed by atoms with Gasteiger partial charge >= 0.3 is 24.4 Å². The van der Waals surface area contributed by atoms with E-state index in [1.54, 1.807) is 0 Å². The minimum atomic E-state index is -5.18. The lowest BCUT2D eigenvalue weighted by Crippen LogP contribution is -2.22. The van der Waals surface area contributed by atoms with E-state index in [2.05, 4.69) is 20.4 Å². The monoisotopic (exact) mass is 525 g/mol. The third-order valence-corrected chi connectivity index (χ3v) is 4.95. The van der Waals surface area contributed by atoms with Gasteiger partial charge in [0.05, 0.1) is 11.1 Å². The first kappa shape index (κ1) is 25.2. The number of carbonyl (C=O) groups excluding carboxylic acids is 1. The molecule has 4 aromatic rings. The van der Waals surface area contributed by atoms with E-state index < -0.39 is 41.4 Å². The Labute approximate surface area is 201 Å². The summed E-state index contributed by atoms with van der Waals surface area (Å²) in [5.41, 5.74) is 3.09. The van der Waals surface area contributed by atoms with Crippen LogP contribution in [0.5, 0.6) is 0 Å². The second kappa shape index (κ2) is 8.96. The Balaban J connectivity index is 1.59. The van der Waals surface area contributed by atoms with Crippen LogP contribution in [0.3, 0.4) is 0 Å². The van der Waals surface area contributed by atoms with E-state index in [1.165, 1.54) is 35.0 Å². The number of anilines is 3. The highest BCUT2D eigenvalue weighted by Gasteiger charge is 2.38. The number of carbonyl (C=O) groups is 2. The van der Waals surface area contributed by atoms with Gasteiger partial charge in [-0.15, -0.1) is 0 Å². The molecule has 0 radical (unpaired) electrons. The number of nitrogen functional groups attached to an aromatic ring is 1. The number of nitrogens with zero attached hydrogens (tertiary/aromatic N) is 4. The number of benzene rings is 1. The van der Waals surface area contributed by atoms with Crippen LogP contribution in [0.4, 0.5) is 48.5 Å². The first-order valence-electron chi connectivity index (χ1n) is 9.94. The van der Waals surface area contributed by atoms with Crippen LogP contribution in [-0.2, 0) is 12.4 Å².